The van der Waals surface area contributed by atoms with Crippen LogP contribution in [0.15, 0.2) is 0 Å². The number of ether oxygens (including phenoxy) is 2. The smallest absolute Gasteiger partial charge is 0.248 e. The van der Waals surface area contributed by atoms with Crippen LogP contribution in [0.5, 0.6) is 0 Å². The van der Waals surface area contributed by atoms with Crippen molar-refractivity contribution in [3.8, 4) is 0 Å². The molecule has 1 atom stereocenters. The Hall–Kier alpha value is -0.850. The zero-order chi connectivity index (χ0) is 15.0. The van der Waals surface area contributed by atoms with Crippen LogP contribution in [0.4, 0.5) is 0 Å². The molecule has 1 N–H and O–H groups in total. The van der Waals surface area contributed by atoms with E-state index in [1.165, 1.54) is 0 Å². The summed E-state index contributed by atoms with van der Waals surface area (Å²) >= 11 is 5.71. The van der Waals surface area contributed by atoms with E-state index in [1.807, 2.05) is 0 Å². The van der Waals surface area contributed by atoms with Crippen LogP contribution in [-0.2, 0) is 19.1 Å². The molecule has 1 aliphatic rings. The van der Waals surface area contributed by atoms with Crippen molar-refractivity contribution in [2.24, 2.45) is 0 Å². The molecule has 0 aliphatic carbocycles. The molecule has 116 valence electrons. The minimum atomic E-state index is -0.524. The second-order valence-corrected chi connectivity index (χ2v) is 5.48. The number of alkyl halides is 1. The second kappa shape index (κ2) is 9.15. The van der Waals surface area contributed by atoms with Crippen molar-refractivity contribution in [2.75, 3.05) is 40.0 Å². The number of carbonyl (C=O) groups excluding carboxylic acids is 2. The number of hydrogen-bond acceptors (Lipinski definition) is 4. The molecule has 0 aromatic carbocycles. The Balaban J connectivity index is 2.21. The van der Waals surface area contributed by atoms with Crippen LogP contribution in [0.25, 0.3) is 0 Å². The lowest BCUT2D eigenvalue weighted by molar-refractivity contribution is -0.137. The molecule has 1 aliphatic heterocycles. The number of nitrogens with one attached hydrogen (secondary N) is 1. The summed E-state index contributed by atoms with van der Waals surface area (Å²) in [5.74, 6) is -0.170. The predicted octanol–water partition coefficient (Wildman–Crippen LogP) is 0.384. The van der Waals surface area contributed by atoms with Gasteiger partial charge in [-0.3, -0.25) is 9.59 Å². The highest BCUT2D eigenvalue weighted by Crippen LogP contribution is 2.11. The minimum Gasteiger partial charge on any atom is -0.382 e. The average Bonchev–Trinajstić information content (AvgIpc) is 2.44. The fourth-order valence-corrected chi connectivity index (χ4v) is 2.05. The summed E-state index contributed by atoms with van der Waals surface area (Å²) in [5, 5.41) is 2.36. The van der Waals surface area contributed by atoms with Gasteiger partial charge >= 0.3 is 0 Å². The fourth-order valence-electron chi connectivity index (χ4n) is 1.98. The van der Waals surface area contributed by atoms with Crippen molar-refractivity contribution in [3.63, 3.8) is 0 Å². The summed E-state index contributed by atoms with van der Waals surface area (Å²) in [6.07, 6.45) is 1.50. The molecule has 7 heteroatoms. The summed E-state index contributed by atoms with van der Waals surface area (Å²) < 4.78 is 10.0. The van der Waals surface area contributed by atoms with Gasteiger partial charge in [0.15, 0.2) is 0 Å². The number of halogens is 1. The first-order valence-electron chi connectivity index (χ1n) is 6.83. The first-order chi connectivity index (χ1) is 9.54. The van der Waals surface area contributed by atoms with Crippen molar-refractivity contribution in [2.45, 2.75) is 31.2 Å². The lowest BCUT2D eigenvalue weighted by Gasteiger charge is -2.32. The van der Waals surface area contributed by atoms with E-state index in [-0.39, 0.29) is 24.5 Å². The molecular formula is C13H23ClN2O4. The van der Waals surface area contributed by atoms with Crippen molar-refractivity contribution in [1.82, 2.24) is 10.2 Å². The molecule has 0 radical (unpaired) electrons. The van der Waals surface area contributed by atoms with Crippen molar-refractivity contribution in [1.29, 1.82) is 0 Å². The maximum absolute atomic E-state index is 11.9. The summed E-state index contributed by atoms with van der Waals surface area (Å²) in [7, 11) is 1.59. The van der Waals surface area contributed by atoms with Gasteiger partial charge in [-0.05, 0) is 19.8 Å². The highest BCUT2D eigenvalue weighted by Gasteiger charge is 2.24. The largest absolute Gasteiger partial charge is 0.382 e. The summed E-state index contributed by atoms with van der Waals surface area (Å²) in [4.78, 5) is 25.1. The summed E-state index contributed by atoms with van der Waals surface area (Å²) in [6.45, 7) is 3.90. The molecule has 1 saturated heterocycles. The maximum atomic E-state index is 11.9. The lowest BCUT2D eigenvalue weighted by atomic mass is 10.0. The minimum absolute atomic E-state index is 0.0170. The Bertz CT molecular complexity index is 317. The van der Waals surface area contributed by atoms with Gasteiger partial charge in [0.25, 0.3) is 0 Å². The Kier molecular flexibility index (Phi) is 7.87. The SMILES string of the molecule is COCCOCC(=O)N1CCC(NC(=O)C(C)Cl)CC1. The van der Waals surface area contributed by atoms with Gasteiger partial charge in [0.05, 0.1) is 13.2 Å². The van der Waals surface area contributed by atoms with E-state index in [9.17, 15) is 9.59 Å². The van der Waals surface area contributed by atoms with Crippen molar-refractivity contribution in [3.05, 3.63) is 0 Å². The van der Waals surface area contributed by atoms with E-state index in [2.05, 4.69) is 5.32 Å². The third-order valence-electron chi connectivity index (χ3n) is 3.21. The van der Waals surface area contributed by atoms with Crippen molar-refractivity contribution < 1.29 is 19.1 Å². The molecule has 20 heavy (non-hydrogen) atoms. The number of hydrogen-bond donors (Lipinski definition) is 1. The summed E-state index contributed by atoms with van der Waals surface area (Å²) in [5.41, 5.74) is 0. The van der Waals surface area contributed by atoms with Gasteiger partial charge in [-0.1, -0.05) is 0 Å². The molecule has 1 rings (SSSR count). The zero-order valence-corrected chi connectivity index (χ0v) is 12.8. The Morgan fingerprint density at radius 3 is 2.55 bits per heavy atom. The molecule has 0 aromatic rings. The molecular weight excluding hydrogens is 284 g/mol. The third kappa shape index (κ3) is 6.07. The monoisotopic (exact) mass is 306 g/mol. The van der Waals surface area contributed by atoms with Crippen LogP contribution >= 0.6 is 11.6 Å². The number of rotatable bonds is 7. The van der Waals surface area contributed by atoms with E-state index >= 15 is 0 Å². The van der Waals surface area contributed by atoms with Gasteiger partial charge in [0.1, 0.15) is 12.0 Å². The standard InChI is InChI=1S/C13H23ClN2O4/c1-10(14)13(18)15-11-3-5-16(6-4-11)12(17)9-20-8-7-19-2/h10-11H,3-9H2,1-2H3,(H,15,18). The van der Waals surface area contributed by atoms with Gasteiger partial charge in [-0.2, -0.15) is 0 Å². The molecule has 1 unspecified atom stereocenters. The van der Waals surface area contributed by atoms with Gasteiger partial charge in [-0.25, -0.2) is 0 Å². The molecule has 2 amide bonds. The van der Waals surface area contributed by atoms with Gasteiger partial charge in [-0.15, -0.1) is 11.6 Å². The fraction of sp³-hybridized carbons (Fsp3) is 0.846. The van der Waals surface area contributed by atoms with Crippen molar-refractivity contribution >= 4 is 23.4 Å². The maximum Gasteiger partial charge on any atom is 0.248 e. The number of nitrogens with zero attached hydrogens (tertiary/aromatic N) is 1. The predicted molar refractivity (Wildman–Crippen MR) is 75.8 cm³/mol. The van der Waals surface area contributed by atoms with Crippen LogP contribution in [0.1, 0.15) is 19.8 Å². The van der Waals surface area contributed by atoms with E-state index < -0.39 is 5.38 Å². The van der Waals surface area contributed by atoms with Gasteiger partial charge in [0.2, 0.25) is 11.8 Å². The number of methoxy groups -OCH3 is 1. The normalized spacial score (nSPS) is 17.9. The molecule has 0 bridgehead atoms. The van der Waals surface area contributed by atoms with Gasteiger partial charge < -0.3 is 19.7 Å². The van der Waals surface area contributed by atoms with Crippen LogP contribution in [0, 0.1) is 0 Å². The van der Waals surface area contributed by atoms with Gasteiger partial charge in [0, 0.05) is 26.2 Å². The number of piperidine rings is 1. The topological polar surface area (TPSA) is 67.9 Å². The van der Waals surface area contributed by atoms with Crippen LogP contribution < -0.4 is 5.32 Å². The molecule has 1 heterocycles. The zero-order valence-electron chi connectivity index (χ0n) is 12.1. The van der Waals surface area contributed by atoms with Crippen LogP contribution in [0.2, 0.25) is 0 Å². The highest BCUT2D eigenvalue weighted by atomic mass is 35.5. The van der Waals surface area contributed by atoms with Crippen LogP contribution in [0.3, 0.4) is 0 Å². The van der Waals surface area contributed by atoms with E-state index in [0.717, 1.165) is 12.8 Å². The quantitative estimate of drug-likeness (QED) is 0.545. The molecule has 0 spiro atoms. The second-order valence-electron chi connectivity index (χ2n) is 4.83. The van der Waals surface area contributed by atoms with E-state index in [4.69, 9.17) is 21.1 Å². The Labute approximate surface area is 124 Å². The van der Waals surface area contributed by atoms with E-state index in [0.29, 0.717) is 26.3 Å². The lowest BCUT2D eigenvalue weighted by Crippen LogP contribution is -2.48. The highest BCUT2D eigenvalue weighted by molar-refractivity contribution is 6.30. The Morgan fingerprint density at radius 2 is 2.00 bits per heavy atom. The first kappa shape index (κ1) is 17.2. The number of likely N-dealkylation sites (tertiary alicyclic amines) is 1. The summed E-state index contributed by atoms with van der Waals surface area (Å²) in [6, 6.07) is 0.0992. The molecule has 6 nitrogen and oxygen atoms in total. The molecule has 1 fully saturated rings. The molecule has 0 aromatic heterocycles. The van der Waals surface area contributed by atoms with E-state index in [1.54, 1.807) is 18.9 Å². The number of amides is 2. The third-order valence-corrected chi connectivity index (χ3v) is 3.41. The van der Waals surface area contributed by atoms with Crippen LogP contribution in [-0.4, -0.2) is 68.2 Å². The Morgan fingerprint density at radius 1 is 1.35 bits per heavy atom. The first-order valence-corrected chi connectivity index (χ1v) is 7.27. The number of carbonyl (C=O) groups is 2. The average molecular weight is 307 g/mol. The molecule has 0 saturated carbocycles.